The molecule has 0 aliphatic heterocycles. The van der Waals surface area contributed by atoms with Crippen molar-refractivity contribution in [2.75, 3.05) is 17.9 Å². The molecule has 3 aromatic rings. The van der Waals surface area contributed by atoms with Crippen molar-refractivity contribution in [1.29, 1.82) is 0 Å². The summed E-state index contributed by atoms with van der Waals surface area (Å²) < 4.78 is 5.29. The van der Waals surface area contributed by atoms with Gasteiger partial charge in [0, 0.05) is 17.8 Å². The van der Waals surface area contributed by atoms with E-state index in [9.17, 15) is 15.3 Å². The summed E-state index contributed by atoms with van der Waals surface area (Å²) in [7, 11) is 1.52. The van der Waals surface area contributed by atoms with E-state index in [0.29, 0.717) is 17.0 Å². The Kier molecular flexibility index (Phi) is 4.85. The Balaban J connectivity index is 2.00. The Morgan fingerprint density at radius 2 is 1.85 bits per heavy atom. The van der Waals surface area contributed by atoms with E-state index in [1.54, 1.807) is 30.3 Å². The average molecular weight is 354 g/mol. The van der Waals surface area contributed by atoms with Crippen molar-refractivity contribution in [2.24, 2.45) is 0 Å². The van der Waals surface area contributed by atoms with Crippen LogP contribution in [0.2, 0.25) is 0 Å². The second-order valence-electron chi connectivity index (χ2n) is 5.05. The number of nitrogens with zero attached hydrogens (tertiary/aromatic N) is 4. The molecule has 0 aliphatic carbocycles. The van der Waals surface area contributed by atoms with Crippen LogP contribution in [-0.2, 0) is 0 Å². The smallest absolute Gasteiger partial charge is 0.271 e. The van der Waals surface area contributed by atoms with Crippen molar-refractivity contribution in [2.45, 2.75) is 0 Å². The van der Waals surface area contributed by atoms with E-state index in [1.807, 2.05) is 5.48 Å². The number of rotatable bonds is 6. The number of methoxy groups -OCH3 is 1. The van der Waals surface area contributed by atoms with E-state index in [0.717, 1.165) is 0 Å². The molecule has 0 radical (unpaired) electrons. The van der Waals surface area contributed by atoms with Crippen molar-refractivity contribution < 1.29 is 14.9 Å². The fourth-order valence-electron chi connectivity index (χ4n) is 2.26. The lowest BCUT2D eigenvalue weighted by Crippen LogP contribution is -2.06. The van der Waals surface area contributed by atoms with Crippen LogP contribution in [0.25, 0.3) is 11.4 Å². The number of para-hydroxylation sites is 1. The predicted molar refractivity (Wildman–Crippen MR) is 93.6 cm³/mol. The van der Waals surface area contributed by atoms with Gasteiger partial charge in [0.2, 0.25) is 5.95 Å². The van der Waals surface area contributed by atoms with Gasteiger partial charge in [0.1, 0.15) is 5.75 Å². The molecule has 0 amide bonds. The summed E-state index contributed by atoms with van der Waals surface area (Å²) in [5.41, 5.74) is 2.82. The van der Waals surface area contributed by atoms with E-state index in [1.165, 1.54) is 25.3 Å². The third-order valence-corrected chi connectivity index (χ3v) is 3.40. The summed E-state index contributed by atoms with van der Waals surface area (Å²) in [4.78, 5) is 22.8. The second-order valence-corrected chi connectivity index (χ2v) is 5.05. The molecule has 10 heteroatoms. The third kappa shape index (κ3) is 3.65. The lowest BCUT2D eigenvalue weighted by Gasteiger charge is -2.10. The number of hydrogen-bond acceptors (Lipinski definition) is 9. The molecule has 0 aliphatic rings. The maximum absolute atomic E-state index is 10.9. The van der Waals surface area contributed by atoms with Gasteiger partial charge >= 0.3 is 0 Å². The first-order valence-electron chi connectivity index (χ1n) is 7.42. The summed E-state index contributed by atoms with van der Waals surface area (Å²) in [5.74, 6) is 0.803. The molecule has 0 bridgehead atoms. The fourth-order valence-corrected chi connectivity index (χ4v) is 2.26. The van der Waals surface area contributed by atoms with Crippen LogP contribution in [0.3, 0.4) is 0 Å². The normalized spacial score (nSPS) is 10.2. The molecule has 0 saturated carbocycles. The first-order valence-corrected chi connectivity index (χ1v) is 7.42. The summed E-state index contributed by atoms with van der Waals surface area (Å²) in [6.07, 6.45) is 0. The third-order valence-electron chi connectivity index (χ3n) is 3.40. The van der Waals surface area contributed by atoms with E-state index >= 15 is 0 Å². The van der Waals surface area contributed by atoms with Crippen LogP contribution in [0.5, 0.6) is 5.75 Å². The molecule has 2 aromatic carbocycles. The number of hydrogen-bond donors (Lipinski definition) is 3. The number of anilines is 3. The first kappa shape index (κ1) is 17.0. The summed E-state index contributed by atoms with van der Waals surface area (Å²) in [6.45, 7) is 0. The summed E-state index contributed by atoms with van der Waals surface area (Å²) in [5, 5.41) is 22.9. The average Bonchev–Trinajstić information content (AvgIpc) is 2.67. The van der Waals surface area contributed by atoms with E-state index < -0.39 is 4.92 Å². The maximum atomic E-state index is 10.9. The summed E-state index contributed by atoms with van der Waals surface area (Å²) >= 11 is 0. The Bertz CT molecular complexity index is 950. The number of non-ortho nitro benzene ring substituents is 1. The van der Waals surface area contributed by atoms with Crippen LogP contribution in [0.1, 0.15) is 0 Å². The Morgan fingerprint density at radius 1 is 1.08 bits per heavy atom. The zero-order valence-electron chi connectivity index (χ0n) is 13.6. The molecule has 1 heterocycles. The van der Waals surface area contributed by atoms with Gasteiger partial charge in [0.05, 0.1) is 17.6 Å². The van der Waals surface area contributed by atoms with E-state index in [2.05, 4.69) is 20.3 Å². The van der Waals surface area contributed by atoms with E-state index in [-0.39, 0.29) is 23.4 Å². The van der Waals surface area contributed by atoms with Crippen molar-refractivity contribution in [1.82, 2.24) is 15.0 Å². The topological polar surface area (TPSA) is 135 Å². The van der Waals surface area contributed by atoms with Crippen LogP contribution in [-0.4, -0.2) is 32.2 Å². The van der Waals surface area contributed by atoms with Crippen LogP contribution in [0.4, 0.5) is 23.3 Å². The highest BCUT2D eigenvalue weighted by atomic mass is 16.6. The molecule has 3 N–H and O–H groups in total. The molecule has 132 valence electrons. The highest BCUT2D eigenvalue weighted by Crippen LogP contribution is 2.28. The van der Waals surface area contributed by atoms with E-state index in [4.69, 9.17) is 4.74 Å². The van der Waals surface area contributed by atoms with Gasteiger partial charge in [0.15, 0.2) is 5.82 Å². The SMILES string of the molecule is COc1ccccc1-c1nc(NO)nc(Nc2cccc([N+](=O)[O-])c2)n1. The Labute approximate surface area is 147 Å². The minimum Gasteiger partial charge on any atom is -0.496 e. The Hall–Kier alpha value is -3.79. The minimum absolute atomic E-state index is 0.0745. The maximum Gasteiger partial charge on any atom is 0.271 e. The van der Waals surface area contributed by atoms with Crippen LogP contribution < -0.4 is 15.5 Å². The number of nitrogens with one attached hydrogen (secondary N) is 2. The van der Waals surface area contributed by atoms with Gasteiger partial charge in [-0.3, -0.25) is 15.3 Å². The molecular formula is C16H14N6O4. The number of nitro groups is 1. The van der Waals surface area contributed by atoms with Gasteiger partial charge in [0.25, 0.3) is 11.6 Å². The summed E-state index contributed by atoms with van der Waals surface area (Å²) in [6, 6.07) is 13.0. The molecule has 26 heavy (non-hydrogen) atoms. The molecular weight excluding hydrogens is 340 g/mol. The van der Waals surface area contributed by atoms with Gasteiger partial charge in [-0.15, -0.1) is 0 Å². The minimum atomic E-state index is -0.500. The number of aromatic nitrogens is 3. The van der Waals surface area contributed by atoms with Crippen LogP contribution in [0.15, 0.2) is 48.5 Å². The first-order chi connectivity index (χ1) is 12.6. The van der Waals surface area contributed by atoms with Gasteiger partial charge in [-0.1, -0.05) is 18.2 Å². The zero-order valence-corrected chi connectivity index (χ0v) is 13.6. The highest BCUT2D eigenvalue weighted by Gasteiger charge is 2.13. The molecule has 3 rings (SSSR count). The highest BCUT2D eigenvalue weighted by molar-refractivity contribution is 5.67. The largest absolute Gasteiger partial charge is 0.496 e. The molecule has 10 nitrogen and oxygen atoms in total. The Morgan fingerprint density at radius 3 is 2.58 bits per heavy atom. The predicted octanol–water partition coefficient (Wildman–Crippen LogP) is 3.00. The van der Waals surface area contributed by atoms with Crippen LogP contribution >= 0.6 is 0 Å². The molecule has 1 aromatic heterocycles. The molecule has 0 spiro atoms. The standard InChI is InChI=1S/C16H14N6O4/c1-26-13-8-3-2-7-12(13)14-18-15(20-16(19-14)21-23)17-10-5-4-6-11(9-10)22(24)25/h2-9,23H,1H3,(H2,17,18,19,20,21). The number of benzene rings is 2. The molecule has 0 saturated heterocycles. The molecule has 0 fully saturated rings. The lowest BCUT2D eigenvalue weighted by atomic mass is 10.2. The lowest BCUT2D eigenvalue weighted by molar-refractivity contribution is -0.384. The van der Waals surface area contributed by atoms with Crippen molar-refractivity contribution in [3.8, 4) is 17.1 Å². The second kappa shape index (κ2) is 7.40. The fraction of sp³-hybridized carbons (Fsp3) is 0.0625. The number of ether oxygens (including phenoxy) is 1. The zero-order chi connectivity index (χ0) is 18.5. The van der Waals surface area contributed by atoms with Crippen molar-refractivity contribution in [3.63, 3.8) is 0 Å². The van der Waals surface area contributed by atoms with Crippen LogP contribution in [0, 0.1) is 10.1 Å². The monoisotopic (exact) mass is 354 g/mol. The van der Waals surface area contributed by atoms with Gasteiger partial charge in [-0.2, -0.15) is 15.0 Å². The molecule has 0 atom stereocenters. The van der Waals surface area contributed by atoms with Crippen molar-refractivity contribution >= 4 is 23.3 Å². The quantitative estimate of drug-likeness (QED) is 0.451. The van der Waals surface area contributed by atoms with Gasteiger partial charge in [-0.25, -0.2) is 5.48 Å². The van der Waals surface area contributed by atoms with Crippen molar-refractivity contribution in [3.05, 3.63) is 58.6 Å². The van der Waals surface area contributed by atoms with Gasteiger partial charge in [-0.05, 0) is 18.2 Å². The molecule has 0 unspecified atom stereocenters. The van der Waals surface area contributed by atoms with Gasteiger partial charge < -0.3 is 10.1 Å². The number of nitro benzene ring substituents is 1.